The van der Waals surface area contributed by atoms with Crippen molar-refractivity contribution in [3.63, 3.8) is 0 Å². The summed E-state index contributed by atoms with van der Waals surface area (Å²) in [5.41, 5.74) is 2.44. The Bertz CT molecular complexity index is 965. The molecule has 0 aromatic heterocycles. The second kappa shape index (κ2) is 11.0. The molecular formula is C23H22BrCl2NO3. The standard InChI is InChI=1S/C23H22BrCl2NO3/c1-29-22-11-10-18(24)16(12-27-13-21(28)15-6-3-2-4-7-15)23(22)30-14-17-19(25)8-5-9-20(17)26/h2-11,21,27-28H,12-14H2,1H3. The number of halogens is 3. The number of hydrogen-bond acceptors (Lipinski definition) is 4. The summed E-state index contributed by atoms with van der Waals surface area (Å²) in [5.74, 6) is 1.19. The molecule has 2 N–H and O–H groups in total. The van der Waals surface area contributed by atoms with Crippen molar-refractivity contribution in [2.75, 3.05) is 13.7 Å². The second-order valence-electron chi connectivity index (χ2n) is 6.60. The zero-order valence-electron chi connectivity index (χ0n) is 16.4. The van der Waals surface area contributed by atoms with Crippen molar-refractivity contribution in [3.8, 4) is 11.5 Å². The summed E-state index contributed by atoms with van der Waals surface area (Å²) < 4.78 is 12.5. The first-order valence-electron chi connectivity index (χ1n) is 9.36. The van der Waals surface area contributed by atoms with Crippen molar-refractivity contribution >= 4 is 39.1 Å². The Morgan fingerprint density at radius 2 is 1.67 bits per heavy atom. The quantitative estimate of drug-likeness (QED) is 0.361. The first-order valence-corrected chi connectivity index (χ1v) is 10.9. The molecule has 30 heavy (non-hydrogen) atoms. The zero-order chi connectivity index (χ0) is 21.5. The number of aliphatic hydroxyl groups is 1. The molecule has 3 rings (SSSR count). The van der Waals surface area contributed by atoms with Crippen molar-refractivity contribution in [1.82, 2.24) is 5.32 Å². The normalized spacial score (nSPS) is 11.9. The smallest absolute Gasteiger partial charge is 0.167 e. The third-order valence-corrected chi connectivity index (χ3v) is 6.08. The fourth-order valence-electron chi connectivity index (χ4n) is 3.01. The van der Waals surface area contributed by atoms with Gasteiger partial charge < -0.3 is 19.9 Å². The van der Waals surface area contributed by atoms with Gasteiger partial charge in [-0.15, -0.1) is 0 Å². The predicted molar refractivity (Wildman–Crippen MR) is 125 cm³/mol. The van der Waals surface area contributed by atoms with E-state index in [4.69, 9.17) is 32.7 Å². The van der Waals surface area contributed by atoms with Gasteiger partial charge in [0.2, 0.25) is 0 Å². The van der Waals surface area contributed by atoms with Gasteiger partial charge in [-0.1, -0.05) is 75.5 Å². The maximum atomic E-state index is 10.4. The van der Waals surface area contributed by atoms with E-state index >= 15 is 0 Å². The molecule has 1 unspecified atom stereocenters. The van der Waals surface area contributed by atoms with Crippen LogP contribution in [0, 0.1) is 0 Å². The molecule has 7 heteroatoms. The monoisotopic (exact) mass is 509 g/mol. The predicted octanol–water partition coefficient (Wildman–Crippen LogP) is 6.17. The van der Waals surface area contributed by atoms with Crippen LogP contribution in [0.3, 0.4) is 0 Å². The molecule has 0 heterocycles. The summed E-state index contributed by atoms with van der Waals surface area (Å²) in [6.45, 7) is 1.06. The second-order valence-corrected chi connectivity index (χ2v) is 8.27. The van der Waals surface area contributed by atoms with Gasteiger partial charge in [-0.05, 0) is 29.8 Å². The van der Waals surface area contributed by atoms with Gasteiger partial charge in [-0.3, -0.25) is 0 Å². The number of benzene rings is 3. The molecule has 3 aromatic rings. The molecule has 0 fully saturated rings. The van der Waals surface area contributed by atoms with E-state index in [1.54, 1.807) is 25.3 Å². The highest BCUT2D eigenvalue weighted by Gasteiger charge is 2.17. The molecule has 1 atom stereocenters. The minimum atomic E-state index is -0.609. The van der Waals surface area contributed by atoms with E-state index in [-0.39, 0.29) is 6.61 Å². The fraction of sp³-hybridized carbons (Fsp3) is 0.217. The van der Waals surface area contributed by atoms with Crippen LogP contribution in [0.25, 0.3) is 0 Å². The van der Waals surface area contributed by atoms with E-state index in [0.29, 0.717) is 40.2 Å². The molecule has 0 aliphatic rings. The number of nitrogens with one attached hydrogen (secondary N) is 1. The number of methoxy groups -OCH3 is 1. The van der Waals surface area contributed by atoms with E-state index in [2.05, 4.69) is 21.2 Å². The van der Waals surface area contributed by atoms with E-state index in [1.165, 1.54) is 0 Å². The van der Waals surface area contributed by atoms with Gasteiger partial charge in [-0.25, -0.2) is 0 Å². The molecule has 0 spiro atoms. The largest absolute Gasteiger partial charge is 0.493 e. The van der Waals surface area contributed by atoms with Gasteiger partial charge >= 0.3 is 0 Å². The molecule has 0 saturated heterocycles. The molecule has 0 bridgehead atoms. The number of aliphatic hydroxyl groups excluding tert-OH is 1. The molecule has 0 aliphatic heterocycles. The Hall–Kier alpha value is -1.76. The van der Waals surface area contributed by atoms with Gasteiger partial charge in [0.15, 0.2) is 11.5 Å². The SMILES string of the molecule is COc1ccc(Br)c(CNCC(O)c2ccccc2)c1OCc1c(Cl)cccc1Cl. The Balaban J connectivity index is 1.75. The van der Waals surface area contributed by atoms with E-state index < -0.39 is 6.10 Å². The molecule has 4 nitrogen and oxygen atoms in total. The van der Waals surface area contributed by atoms with Crippen molar-refractivity contribution < 1.29 is 14.6 Å². The first kappa shape index (κ1) is 22.9. The highest BCUT2D eigenvalue weighted by atomic mass is 79.9. The van der Waals surface area contributed by atoms with Crippen LogP contribution in [0.5, 0.6) is 11.5 Å². The first-order chi connectivity index (χ1) is 14.5. The van der Waals surface area contributed by atoms with Gasteiger partial charge in [0, 0.05) is 38.7 Å². The Labute approximate surface area is 194 Å². The van der Waals surface area contributed by atoms with Gasteiger partial charge in [0.25, 0.3) is 0 Å². The summed E-state index contributed by atoms with van der Waals surface area (Å²) in [4.78, 5) is 0. The highest BCUT2D eigenvalue weighted by Crippen LogP contribution is 2.37. The lowest BCUT2D eigenvalue weighted by atomic mass is 10.1. The highest BCUT2D eigenvalue weighted by molar-refractivity contribution is 9.10. The summed E-state index contributed by atoms with van der Waals surface area (Å²) in [6.07, 6.45) is -0.609. The molecule has 0 saturated carbocycles. The lowest BCUT2D eigenvalue weighted by Gasteiger charge is -2.19. The van der Waals surface area contributed by atoms with Crippen molar-refractivity contribution in [2.24, 2.45) is 0 Å². The summed E-state index contributed by atoms with van der Waals surface area (Å²) >= 11 is 16.1. The van der Waals surface area contributed by atoms with Crippen LogP contribution in [0.1, 0.15) is 22.8 Å². The topological polar surface area (TPSA) is 50.7 Å². The van der Waals surface area contributed by atoms with Gasteiger partial charge in [-0.2, -0.15) is 0 Å². The summed E-state index contributed by atoms with van der Waals surface area (Å²) in [5, 5.41) is 14.8. The Morgan fingerprint density at radius 3 is 2.33 bits per heavy atom. The van der Waals surface area contributed by atoms with Crippen molar-refractivity contribution in [1.29, 1.82) is 0 Å². The third-order valence-electron chi connectivity index (χ3n) is 4.63. The lowest BCUT2D eigenvalue weighted by molar-refractivity contribution is 0.174. The molecular weight excluding hydrogens is 489 g/mol. The Morgan fingerprint density at radius 1 is 0.967 bits per heavy atom. The molecule has 0 radical (unpaired) electrons. The third kappa shape index (κ3) is 5.68. The van der Waals surface area contributed by atoms with Crippen LogP contribution in [-0.4, -0.2) is 18.8 Å². The fourth-order valence-corrected chi connectivity index (χ4v) is 3.97. The summed E-state index contributed by atoms with van der Waals surface area (Å²) in [6, 6.07) is 18.6. The minimum absolute atomic E-state index is 0.199. The average molecular weight is 511 g/mol. The summed E-state index contributed by atoms with van der Waals surface area (Å²) in [7, 11) is 1.59. The Kier molecular flexibility index (Phi) is 8.42. The van der Waals surface area contributed by atoms with Gasteiger partial charge in [0.1, 0.15) is 6.61 Å². The lowest BCUT2D eigenvalue weighted by Crippen LogP contribution is -2.21. The number of hydrogen-bond donors (Lipinski definition) is 2. The van der Waals surface area contributed by atoms with E-state index in [1.807, 2.05) is 42.5 Å². The molecule has 0 aliphatic carbocycles. The van der Waals surface area contributed by atoms with Crippen molar-refractivity contribution in [3.05, 3.63) is 91.9 Å². The molecule has 0 amide bonds. The number of rotatable bonds is 9. The van der Waals surface area contributed by atoms with Crippen LogP contribution in [0.2, 0.25) is 10.0 Å². The van der Waals surface area contributed by atoms with E-state index in [9.17, 15) is 5.11 Å². The van der Waals surface area contributed by atoms with Crippen LogP contribution in [0.4, 0.5) is 0 Å². The van der Waals surface area contributed by atoms with Crippen molar-refractivity contribution in [2.45, 2.75) is 19.3 Å². The molecule has 3 aromatic carbocycles. The zero-order valence-corrected chi connectivity index (χ0v) is 19.5. The maximum Gasteiger partial charge on any atom is 0.167 e. The minimum Gasteiger partial charge on any atom is -0.493 e. The number of ether oxygens (including phenoxy) is 2. The average Bonchev–Trinajstić information content (AvgIpc) is 2.75. The molecule has 158 valence electrons. The maximum absolute atomic E-state index is 10.4. The van der Waals surface area contributed by atoms with Crippen LogP contribution >= 0.6 is 39.1 Å². The van der Waals surface area contributed by atoms with Gasteiger partial charge in [0.05, 0.1) is 13.2 Å². The van der Waals surface area contributed by atoms with Crippen LogP contribution < -0.4 is 14.8 Å². The van der Waals surface area contributed by atoms with E-state index in [0.717, 1.165) is 15.6 Å². The van der Waals surface area contributed by atoms with Crippen LogP contribution in [-0.2, 0) is 13.2 Å². The van der Waals surface area contributed by atoms with Crippen LogP contribution in [0.15, 0.2) is 65.1 Å².